The molecule has 0 aliphatic carbocycles. The maximum absolute atomic E-state index is 13.4. The number of hydrogen-bond acceptors (Lipinski definition) is 3. The maximum Gasteiger partial charge on any atom is 0.136 e. The van der Waals surface area contributed by atoms with Crippen LogP contribution < -0.4 is 10.1 Å². The fraction of sp³-hybridized carbons (Fsp3) is 0.250. The van der Waals surface area contributed by atoms with E-state index in [1.54, 1.807) is 19.2 Å². The fourth-order valence-corrected chi connectivity index (χ4v) is 2.77. The van der Waals surface area contributed by atoms with Crippen LogP contribution in [0.1, 0.15) is 11.1 Å². The van der Waals surface area contributed by atoms with Gasteiger partial charge in [0.2, 0.25) is 0 Å². The van der Waals surface area contributed by atoms with E-state index in [9.17, 15) is 9.50 Å². The molecule has 0 fully saturated rings. The van der Waals surface area contributed by atoms with E-state index in [2.05, 4.69) is 21.2 Å². The van der Waals surface area contributed by atoms with Crippen molar-refractivity contribution in [2.75, 3.05) is 13.7 Å². The number of methoxy groups -OCH3 is 1. The van der Waals surface area contributed by atoms with Gasteiger partial charge in [-0.2, -0.15) is 0 Å². The predicted molar refractivity (Wildman–Crippen MR) is 84.2 cm³/mol. The van der Waals surface area contributed by atoms with E-state index < -0.39 is 0 Å². The Morgan fingerprint density at radius 2 is 2.00 bits per heavy atom. The molecule has 112 valence electrons. The van der Waals surface area contributed by atoms with Gasteiger partial charge in [-0.1, -0.05) is 18.2 Å². The standard InChI is InChI=1S/C16H17BrFNO2/c1-21-16-11(8-13(18)9-14(16)17)6-7-19-10-12-4-2-3-5-15(12)20/h2-5,8-9,19-20H,6-7,10H2,1H3/i18-1. The summed E-state index contributed by atoms with van der Waals surface area (Å²) < 4.78 is 19.3. The summed E-state index contributed by atoms with van der Waals surface area (Å²) in [6, 6.07) is 10.0. The molecule has 0 aliphatic rings. The molecule has 3 nitrogen and oxygen atoms in total. The minimum Gasteiger partial charge on any atom is -0.508 e. The van der Waals surface area contributed by atoms with Crippen LogP contribution in [0.25, 0.3) is 0 Å². The first-order chi connectivity index (χ1) is 10.1. The van der Waals surface area contributed by atoms with Gasteiger partial charge in [0.25, 0.3) is 0 Å². The van der Waals surface area contributed by atoms with Crippen LogP contribution in [-0.4, -0.2) is 18.8 Å². The molecular weight excluding hydrogens is 336 g/mol. The lowest BCUT2D eigenvalue weighted by atomic mass is 10.1. The average Bonchev–Trinajstić information content (AvgIpc) is 2.45. The molecule has 0 aliphatic heterocycles. The third-order valence-electron chi connectivity index (χ3n) is 3.17. The van der Waals surface area contributed by atoms with E-state index in [0.717, 1.165) is 11.1 Å². The van der Waals surface area contributed by atoms with E-state index in [-0.39, 0.29) is 11.6 Å². The lowest BCUT2D eigenvalue weighted by molar-refractivity contribution is 0.404. The fourth-order valence-electron chi connectivity index (χ4n) is 2.13. The van der Waals surface area contributed by atoms with Gasteiger partial charge in [-0.25, -0.2) is 4.39 Å². The van der Waals surface area contributed by atoms with Crippen molar-refractivity contribution in [2.45, 2.75) is 13.0 Å². The normalized spacial score (nSPS) is 10.6. The average molecular weight is 353 g/mol. The molecule has 2 aromatic carbocycles. The Hall–Kier alpha value is -1.59. The second-order valence-corrected chi connectivity index (χ2v) is 5.49. The molecule has 0 aromatic heterocycles. The largest absolute Gasteiger partial charge is 0.508 e. The zero-order valence-corrected chi connectivity index (χ0v) is 13.3. The molecular formula is C16H17BrFNO2. The third kappa shape index (κ3) is 4.19. The first-order valence-corrected chi connectivity index (χ1v) is 7.40. The van der Waals surface area contributed by atoms with Crippen molar-refractivity contribution in [3.63, 3.8) is 0 Å². The molecule has 21 heavy (non-hydrogen) atoms. The van der Waals surface area contributed by atoms with Crippen molar-refractivity contribution in [1.29, 1.82) is 0 Å². The van der Waals surface area contributed by atoms with E-state index in [4.69, 9.17) is 4.74 Å². The summed E-state index contributed by atoms with van der Waals surface area (Å²) >= 11 is 3.29. The quantitative estimate of drug-likeness (QED) is 0.780. The van der Waals surface area contributed by atoms with Gasteiger partial charge in [-0.05, 0) is 52.7 Å². The van der Waals surface area contributed by atoms with Gasteiger partial charge in [-0.15, -0.1) is 0 Å². The molecule has 5 heteroatoms. The maximum atomic E-state index is 13.4. The number of ether oxygens (including phenoxy) is 1. The Morgan fingerprint density at radius 3 is 2.71 bits per heavy atom. The number of rotatable bonds is 6. The van der Waals surface area contributed by atoms with Crippen LogP contribution in [0.5, 0.6) is 11.5 Å². The lowest BCUT2D eigenvalue weighted by Gasteiger charge is -2.12. The lowest BCUT2D eigenvalue weighted by Crippen LogP contribution is -2.17. The Morgan fingerprint density at radius 1 is 1.24 bits per heavy atom. The van der Waals surface area contributed by atoms with Crippen molar-refractivity contribution in [3.05, 3.63) is 57.8 Å². The number of aromatic hydroxyl groups is 1. The Kier molecular flexibility index (Phi) is 5.59. The number of halogens is 2. The second-order valence-electron chi connectivity index (χ2n) is 4.64. The Balaban J connectivity index is 1.93. The first kappa shape index (κ1) is 15.8. The van der Waals surface area contributed by atoms with Gasteiger partial charge < -0.3 is 15.2 Å². The molecule has 2 aromatic rings. The smallest absolute Gasteiger partial charge is 0.136 e. The highest BCUT2D eigenvalue weighted by molar-refractivity contribution is 9.10. The molecule has 0 unspecified atom stereocenters. The highest BCUT2D eigenvalue weighted by atomic mass is 79.9. The topological polar surface area (TPSA) is 41.5 Å². The first-order valence-electron chi connectivity index (χ1n) is 6.61. The van der Waals surface area contributed by atoms with E-state index >= 15 is 0 Å². The van der Waals surface area contributed by atoms with Crippen molar-refractivity contribution in [3.8, 4) is 11.5 Å². The summed E-state index contributed by atoms with van der Waals surface area (Å²) in [4.78, 5) is 0. The Labute approximate surface area is 131 Å². The molecule has 0 bridgehead atoms. The molecule has 0 saturated carbocycles. The summed E-state index contributed by atoms with van der Waals surface area (Å²) in [5.41, 5.74) is 1.64. The van der Waals surface area contributed by atoms with Gasteiger partial charge in [0.05, 0.1) is 11.6 Å². The summed E-state index contributed by atoms with van der Waals surface area (Å²) in [6.07, 6.45) is 0.632. The summed E-state index contributed by atoms with van der Waals surface area (Å²) in [5, 5.41) is 12.9. The van der Waals surface area contributed by atoms with Crippen LogP contribution in [0.2, 0.25) is 0 Å². The van der Waals surface area contributed by atoms with Crippen molar-refractivity contribution in [2.24, 2.45) is 0 Å². The van der Waals surface area contributed by atoms with Crippen LogP contribution in [0.4, 0.5) is 4.39 Å². The summed E-state index contributed by atoms with van der Waals surface area (Å²) in [6.45, 7) is 1.21. The predicted octanol–water partition coefficient (Wildman–Crippen LogP) is 3.63. The molecule has 2 rings (SSSR count). The van der Waals surface area contributed by atoms with Crippen molar-refractivity contribution in [1.82, 2.24) is 5.32 Å². The van der Waals surface area contributed by atoms with Crippen LogP contribution in [0, 0.1) is 5.82 Å². The molecule has 0 saturated heterocycles. The summed E-state index contributed by atoms with van der Waals surface area (Å²) in [7, 11) is 1.57. The minimum atomic E-state index is -0.293. The minimum absolute atomic E-state index is 0.274. The zero-order valence-electron chi connectivity index (χ0n) is 11.7. The van der Waals surface area contributed by atoms with Gasteiger partial charge in [0.15, 0.2) is 0 Å². The molecule has 0 atom stereocenters. The zero-order chi connectivity index (χ0) is 15.2. The molecule has 0 radical (unpaired) electrons. The van der Waals surface area contributed by atoms with Gasteiger partial charge in [0, 0.05) is 12.1 Å². The number of para-hydroxylation sites is 1. The Bertz CT molecular complexity index is 619. The molecule has 0 amide bonds. The molecule has 0 heterocycles. The molecule has 0 spiro atoms. The number of phenolic OH excluding ortho intramolecular Hbond substituents is 1. The summed E-state index contributed by atoms with van der Waals surface area (Å²) in [5.74, 6) is 0.634. The van der Waals surface area contributed by atoms with Crippen LogP contribution in [0.3, 0.4) is 0 Å². The van der Waals surface area contributed by atoms with Crippen molar-refractivity contribution >= 4 is 15.9 Å². The highest BCUT2D eigenvalue weighted by Crippen LogP contribution is 2.30. The van der Waals surface area contributed by atoms with Crippen LogP contribution >= 0.6 is 15.9 Å². The number of benzene rings is 2. The number of hydrogen-bond donors (Lipinski definition) is 2. The van der Waals surface area contributed by atoms with E-state index in [0.29, 0.717) is 29.7 Å². The highest BCUT2D eigenvalue weighted by Gasteiger charge is 2.10. The monoisotopic (exact) mass is 352 g/mol. The van der Waals surface area contributed by atoms with Crippen molar-refractivity contribution < 1.29 is 14.2 Å². The number of nitrogens with one attached hydrogen (secondary N) is 1. The second kappa shape index (κ2) is 7.43. The SMILES string of the molecule is COc1c(Br)cc([18F])cc1CCNCc1ccccc1O. The molecule has 2 N–H and O–H groups in total. The van der Waals surface area contributed by atoms with E-state index in [1.807, 2.05) is 12.1 Å². The van der Waals surface area contributed by atoms with Gasteiger partial charge in [-0.3, -0.25) is 0 Å². The van der Waals surface area contributed by atoms with E-state index in [1.165, 1.54) is 12.1 Å². The number of phenols is 1. The van der Waals surface area contributed by atoms with Gasteiger partial charge >= 0.3 is 0 Å². The van der Waals surface area contributed by atoms with Crippen LogP contribution in [-0.2, 0) is 13.0 Å². The van der Waals surface area contributed by atoms with Gasteiger partial charge in [0.1, 0.15) is 17.3 Å². The van der Waals surface area contributed by atoms with Crippen LogP contribution in [0.15, 0.2) is 40.9 Å². The third-order valence-corrected chi connectivity index (χ3v) is 3.76.